The van der Waals surface area contributed by atoms with E-state index in [2.05, 4.69) is 6.08 Å². The first-order valence-electron chi connectivity index (χ1n) is 10.6. The van der Waals surface area contributed by atoms with Crippen LogP contribution in [0.5, 0.6) is 5.75 Å². The number of benzene rings is 2. The molecule has 1 unspecified atom stereocenters. The molecular weight excluding hydrogens is 416 g/mol. The third kappa shape index (κ3) is 6.33. The van der Waals surface area contributed by atoms with E-state index in [4.69, 9.17) is 30.5 Å². The van der Waals surface area contributed by atoms with Gasteiger partial charge in [-0.3, -0.25) is 4.79 Å². The average Bonchev–Trinajstić information content (AvgIpc) is 2.79. The maximum atomic E-state index is 11.5. The fourth-order valence-corrected chi connectivity index (χ4v) is 3.88. The van der Waals surface area contributed by atoms with E-state index in [9.17, 15) is 4.79 Å². The number of carbonyl (C=O) groups is 1. The Morgan fingerprint density at radius 2 is 1.87 bits per heavy atom. The monoisotopic (exact) mass is 444 g/mol. The molecular formula is C25H29ClO5. The van der Waals surface area contributed by atoms with Crippen LogP contribution in [0.1, 0.15) is 49.7 Å². The predicted octanol–water partition coefficient (Wildman–Crippen LogP) is 6.04. The van der Waals surface area contributed by atoms with Crippen LogP contribution >= 0.6 is 11.6 Å². The van der Waals surface area contributed by atoms with Crippen LogP contribution < -0.4 is 4.74 Å². The van der Waals surface area contributed by atoms with Crippen molar-refractivity contribution >= 4 is 17.6 Å². The van der Waals surface area contributed by atoms with E-state index in [-0.39, 0.29) is 18.0 Å². The van der Waals surface area contributed by atoms with E-state index < -0.39 is 6.29 Å². The van der Waals surface area contributed by atoms with E-state index in [0.717, 1.165) is 23.3 Å². The normalized spacial score (nSPS) is 21.2. The number of para-hydroxylation sites is 1. The number of hydrogen-bond acceptors (Lipinski definition) is 5. The summed E-state index contributed by atoms with van der Waals surface area (Å²) in [4.78, 5) is 11.5. The zero-order valence-electron chi connectivity index (χ0n) is 18.0. The fourth-order valence-electron chi connectivity index (χ4n) is 3.65. The van der Waals surface area contributed by atoms with Gasteiger partial charge in [-0.1, -0.05) is 60.2 Å². The van der Waals surface area contributed by atoms with Crippen LogP contribution in [0, 0.1) is 5.92 Å². The SMILES string of the molecule is CCOC(=O)CCC=CC[C@@H]1COC(c2ccccc2Cl)O[C@@H]1c1ccccc1OC. The molecule has 0 amide bonds. The zero-order valence-corrected chi connectivity index (χ0v) is 18.7. The summed E-state index contributed by atoms with van der Waals surface area (Å²) in [6.07, 6.45) is 5.10. The van der Waals surface area contributed by atoms with Crippen molar-refractivity contribution in [1.82, 2.24) is 0 Å². The van der Waals surface area contributed by atoms with Crippen molar-refractivity contribution in [3.05, 3.63) is 76.8 Å². The molecule has 1 heterocycles. The van der Waals surface area contributed by atoms with E-state index in [1.165, 1.54) is 0 Å². The molecule has 0 radical (unpaired) electrons. The summed E-state index contributed by atoms with van der Waals surface area (Å²) in [6, 6.07) is 15.4. The number of methoxy groups -OCH3 is 1. The summed E-state index contributed by atoms with van der Waals surface area (Å²) in [6.45, 7) is 2.73. The molecule has 5 nitrogen and oxygen atoms in total. The van der Waals surface area contributed by atoms with E-state index in [0.29, 0.717) is 31.1 Å². The van der Waals surface area contributed by atoms with Crippen molar-refractivity contribution in [2.45, 2.75) is 38.6 Å². The third-order valence-corrected chi connectivity index (χ3v) is 5.53. The van der Waals surface area contributed by atoms with Crippen molar-refractivity contribution in [2.75, 3.05) is 20.3 Å². The van der Waals surface area contributed by atoms with Crippen LogP contribution in [-0.4, -0.2) is 26.3 Å². The molecule has 1 saturated heterocycles. The maximum Gasteiger partial charge on any atom is 0.306 e. The second-order valence-electron chi connectivity index (χ2n) is 7.30. The summed E-state index contributed by atoms with van der Waals surface area (Å²) < 4.78 is 23.0. The molecule has 0 bridgehead atoms. The highest BCUT2D eigenvalue weighted by Gasteiger charge is 2.35. The summed E-state index contributed by atoms with van der Waals surface area (Å²) in [5.74, 6) is 0.698. The summed E-state index contributed by atoms with van der Waals surface area (Å²) in [5.41, 5.74) is 1.79. The maximum absolute atomic E-state index is 11.5. The molecule has 0 N–H and O–H groups in total. The van der Waals surface area contributed by atoms with Gasteiger partial charge < -0.3 is 18.9 Å². The van der Waals surface area contributed by atoms with Gasteiger partial charge in [0.25, 0.3) is 0 Å². The smallest absolute Gasteiger partial charge is 0.306 e. The Morgan fingerprint density at radius 1 is 1.13 bits per heavy atom. The average molecular weight is 445 g/mol. The van der Waals surface area contributed by atoms with Gasteiger partial charge in [0.05, 0.1) is 26.4 Å². The Bertz CT molecular complexity index is 882. The molecule has 3 atom stereocenters. The molecule has 3 rings (SSSR count). The molecule has 0 spiro atoms. The first-order valence-corrected chi connectivity index (χ1v) is 11.0. The molecule has 166 valence electrons. The van der Waals surface area contributed by atoms with Crippen molar-refractivity contribution in [3.63, 3.8) is 0 Å². The van der Waals surface area contributed by atoms with Crippen molar-refractivity contribution in [3.8, 4) is 5.75 Å². The molecule has 0 aromatic heterocycles. The number of esters is 1. The Hall–Kier alpha value is -2.34. The van der Waals surface area contributed by atoms with Crippen molar-refractivity contribution in [1.29, 1.82) is 0 Å². The van der Waals surface area contributed by atoms with Gasteiger partial charge in [0.15, 0.2) is 6.29 Å². The highest BCUT2D eigenvalue weighted by molar-refractivity contribution is 6.31. The minimum absolute atomic E-state index is 0.0916. The molecule has 2 aromatic carbocycles. The predicted molar refractivity (Wildman–Crippen MR) is 120 cm³/mol. The standard InChI is InChI=1S/C25H29ClO5/c1-3-29-23(27)16-6-4-5-11-18-17-30-25(19-12-7-9-14-21(19)26)31-24(18)20-13-8-10-15-22(20)28-2/h4-5,7-10,12-15,18,24-25H,3,6,11,16-17H2,1-2H3/t18-,24+,25?/m1/s1. The lowest BCUT2D eigenvalue weighted by molar-refractivity contribution is -0.244. The number of allylic oxidation sites excluding steroid dienone is 2. The molecule has 0 aliphatic carbocycles. The molecule has 0 saturated carbocycles. The Morgan fingerprint density at radius 3 is 2.61 bits per heavy atom. The quantitative estimate of drug-likeness (QED) is 0.348. The second kappa shape index (κ2) is 11.9. The second-order valence-corrected chi connectivity index (χ2v) is 7.70. The highest BCUT2D eigenvalue weighted by Crippen LogP contribution is 2.43. The fraction of sp³-hybridized carbons (Fsp3) is 0.400. The lowest BCUT2D eigenvalue weighted by Gasteiger charge is -2.37. The van der Waals surface area contributed by atoms with Gasteiger partial charge in [0.1, 0.15) is 5.75 Å². The van der Waals surface area contributed by atoms with Crippen LogP contribution in [-0.2, 0) is 19.0 Å². The van der Waals surface area contributed by atoms with E-state index in [1.54, 1.807) is 7.11 Å². The van der Waals surface area contributed by atoms with Crippen molar-refractivity contribution in [2.24, 2.45) is 5.92 Å². The molecule has 31 heavy (non-hydrogen) atoms. The molecule has 1 aliphatic rings. The summed E-state index contributed by atoms with van der Waals surface area (Å²) in [5, 5.41) is 0.614. The van der Waals surface area contributed by atoms with Gasteiger partial charge in [0, 0.05) is 28.5 Å². The Labute approximate surface area is 188 Å². The van der Waals surface area contributed by atoms with Crippen LogP contribution in [0.3, 0.4) is 0 Å². The van der Waals surface area contributed by atoms with Crippen molar-refractivity contribution < 1.29 is 23.7 Å². The third-order valence-electron chi connectivity index (χ3n) is 5.19. The first kappa shape index (κ1) is 23.3. The number of carbonyl (C=O) groups excluding carboxylic acids is 1. The molecule has 6 heteroatoms. The number of ether oxygens (including phenoxy) is 4. The van der Waals surface area contributed by atoms with Crippen LogP contribution in [0.4, 0.5) is 0 Å². The topological polar surface area (TPSA) is 54.0 Å². The van der Waals surface area contributed by atoms with E-state index in [1.807, 2.05) is 61.5 Å². The largest absolute Gasteiger partial charge is 0.496 e. The zero-order chi connectivity index (χ0) is 22.1. The van der Waals surface area contributed by atoms with Gasteiger partial charge in [-0.15, -0.1) is 0 Å². The number of halogens is 1. The number of hydrogen-bond donors (Lipinski definition) is 0. The first-order chi connectivity index (χ1) is 15.1. The van der Waals surface area contributed by atoms with Gasteiger partial charge in [-0.25, -0.2) is 0 Å². The Balaban J connectivity index is 1.74. The summed E-state index contributed by atoms with van der Waals surface area (Å²) in [7, 11) is 1.66. The minimum Gasteiger partial charge on any atom is -0.496 e. The molecule has 2 aromatic rings. The lowest BCUT2D eigenvalue weighted by Crippen LogP contribution is -2.30. The molecule has 1 aliphatic heterocycles. The minimum atomic E-state index is -0.548. The van der Waals surface area contributed by atoms with E-state index >= 15 is 0 Å². The van der Waals surface area contributed by atoms with Gasteiger partial charge in [0.2, 0.25) is 0 Å². The Kier molecular flexibility index (Phi) is 8.95. The van der Waals surface area contributed by atoms with Gasteiger partial charge in [-0.2, -0.15) is 0 Å². The number of rotatable bonds is 9. The molecule has 1 fully saturated rings. The van der Waals surface area contributed by atoms with Crippen LogP contribution in [0.15, 0.2) is 60.7 Å². The van der Waals surface area contributed by atoms with Crippen LogP contribution in [0.2, 0.25) is 5.02 Å². The highest BCUT2D eigenvalue weighted by atomic mass is 35.5. The van der Waals surface area contributed by atoms with Gasteiger partial charge in [-0.05, 0) is 31.9 Å². The van der Waals surface area contributed by atoms with Crippen LogP contribution in [0.25, 0.3) is 0 Å². The lowest BCUT2D eigenvalue weighted by atomic mass is 9.91. The van der Waals surface area contributed by atoms with Gasteiger partial charge >= 0.3 is 5.97 Å². The summed E-state index contributed by atoms with van der Waals surface area (Å²) >= 11 is 6.38.